The monoisotopic (exact) mass is 268 g/mol. The number of aromatic nitrogens is 2. The fourth-order valence-corrected chi connectivity index (χ4v) is 2.01. The highest BCUT2D eigenvalue weighted by molar-refractivity contribution is 9.10. The highest BCUT2D eigenvalue weighted by atomic mass is 79.9. The van der Waals surface area contributed by atoms with Crippen molar-refractivity contribution in [3.8, 4) is 11.1 Å². The van der Waals surface area contributed by atoms with E-state index in [0.29, 0.717) is 10.0 Å². The van der Waals surface area contributed by atoms with Crippen LogP contribution in [-0.2, 0) is 0 Å². The molecule has 15 heavy (non-hydrogen) atoms. The maximum absolute atomic E-state index is 13.8. The van der Waals surface area contributed by atoms with E-state index in [9.17, 15) is 4.39 Å². The van der Waals surface area contributed by atoms with Crippen molar-refractivity contribution in [3.05, 3.63) is 39.9 Å². The summed E-state index contributed by atoms with van der Waals surface area (Å²) in [5.41, 5.74) is 3.11. The van der Waals surface area contributed by atoms with E-state index in [0.717, 1.165) is 17.0 Å². The molecular weight excluding hydrogens is 259 g/mol. The predicted molar refractivity (Wildman–Crippen MR) is 61.2 cm³/mol. The van der Waals surface area contributed by atoms with E-state index in [-0.39, 0.29) is 5.82 Å². The molecule has 0 spiro atoms. The number of aromatic amines is 1. The molecule has 0 atom stereocenters. The molecule has 0 amide bonds. The summed E-state index contributed by atoms with van der Waals surface area (Å²) in [6, 6.07) is 5.25. The Morgan fingerprint density at radius 3 is 2.67 bits per heavy atom. The number of H-pyrrole nitrogens is 1. The predicted octanol–water partition coefficient (Wildman–Crippen LogP) is 3.60. The average molecular weight is 269 g/mol. The van der Waals surface area contributed by atoms with Gasteiger partial charge in [-0.25, -0.2) is 4.39 Å². The highest BCUT2D eigenvalue weighted by Gasteiger charge is 2.14. The van der Waals surface area contributed by atoms with Crippen molar-refractivity contribution < 1.29 is 4.39 Å². The third-order valence-electron chi connectivity index (χ3n) is 2.35. The van der Waals surface area contributed by atoms with Gasteiger partial charge in [-0.3, -0.25) is 5.10 Å². The summed E-state index contributed by atoms with van der Waals surface area (Å²) >= 11 is 3.18. The molecule has 2 rings (SSSR count). The molecule has 0 aliphatic heterocycles. The topological polar surface area (TPSA) is 28.7 Å². The Labute approximate surface area is 95.6 Å². The van der Waals surface area contributed by atoms with E-state index in [4.69, 9.17) is 0 Å². The van der Waals surface area contributed by atoms with E-state index in [1.54, 1.807) is 12.1 Å². The molecule has 0 unspecified atom stereocenters. The van der Waals surface area contributed by atoms with E-state index >= 15 is 0 Å². The van der Waals surface area contributed by atoms with Gasteiger partial charge >= 0.3 is 0 Å². The zero-order valence-corrected chi connectivity index (χ0v) is 10.0. The van der Waals surface area contributed by atoms with Crippen LogP contribution in [0.25, 0.3) is 11.1 Å². The molecule has 1 aromatic heterocycles. The Kier molecular flexibility index (Phi) is 2.61. The lowest BCUT2D eigenvalue weighted by Crippen LogP contribution is -1.88. The Bertz CT molecular complexity index is 486. The third-order valence-corrected chi connectivity index (χ3v) is 2.96. The zero-order chi connectivity index (χ0) is 11.0. The largest absolute Gasteiger partial charge is 0.282 e. The fourth-order valence-electron chi connectivity index (χ4n) is 1.64. The quantitative estimate of drug-likeness (QED) is 0.841. The number of benzene rings is 1. The number of hydrogen-bond acceptors (Lipinski definition) is 1. The van der Waals surface area contributed by atoms with Gasteiger partial charge in [-0.05, 0) is 35.8 Å². The maximum Gasteiger partial charge on any atom is 0.145 e. The van der Waals surface area contributed by atoms with Gasteiger partial charge in [0.1, 0.15) is 5.82 Å². The first kappa shape index (κ1) is 10.4. The molecule has 0 saturated carbocycles. The molecule has 0 radical (unpaired) electrons. The molecule has 1 aromatic carbocycles. The van der Waals surface area contributed by atoms with Gasteiger partial charge in [-0.15, -0.1) is 0 Å². The lowest BCUT2D eigenvalue weighted by atomic mass is 10.0. The van der Waals surface area contributed by atoms with Crippen LogP contribution < -0.4 is 0 Å². The molecule has 0 bridgehead atoms. The summed E-state index contributed by atoms with van der Waals surface area (Å²) in [5.74, 6) is -0.245. The second-order valence-electron chi connectivity index (χ2n) is 3.41. The van der Waals surface area contributed by atoms with Crippen molar-refractivity contribution in [1.29, 1.82) is 0 Å². The fraction of sp³-hybridized carbons (Fsp3) is 0.182. The standard InChI is InChI=1S/C11H10BrFN2/c1-6-10(7(2)15-14-6)8-4-3-5-9(12)11(8)13/h3-5H,1-2H3,(H,14,15). The summed E-state index contributed by atoms with van der Waals surface area (Å²) in [4.78, 5) is 0. The summed E-state index contributed by atoms with van der Waals surface area (Å²) < 4.78 is 14.3. The van der Waals surface area contributed by atoms with Gasteiger partial charge in [0.05, 0.1) is 10.2 Å². The zero-order valence-electron chi connectivity index (χ0n) is 8.44. The van der Waals surface area contributed by atoms with Crippen molar-refractivity contribution in [2.75, 3.05) is 0 Å². The summed E-state index contributed by atoms with van der Waals surface area (Å²) in [5, 5.41) is 6.91. The van der Waals surface area contributed by atoms with Crippen LogP contribution in [0.3, 0.4) is 0 Å². The van der Waals surface area contributed by atoms with Gasteiger partial charge in [0.2, 0.25) is 0 Å². The Hall–Kier alpha value is -1.16. The summed E-state index contributed by atoms with van der Waals surface area (Å²) in [7, 11) is 0. The minimum Gasteiger partial charge on any atom is -0.282 e. The van der Waals surface area contributed by atoms with E-state index in [2.05, 4.69) is 26.1 Å². The van der Waals surface area contributed by atoms with E-state index in [1.165, 1.54) is 0 Å². The van der Waals surface area contributed by atoms with Crippen LogP contribution in [0.1, 0.15) is 11.4 Å². The van der Waals surface area contributed by atoms with Crippen LogP contribution in [0.2, 0.25) is 0 Å². The summed E-state index contributed by atoms with van der Waals surface area (Å²) in [6.07, 6.45) is 0. The van der Waals surface area contributed by atoms with Crippen LogP contribution in [0.15, 0.2) is 22.7 Å². The molecule has 0 saturated heterocycles. The van der Waals surface area contributed by atoms with Crippen LogP contribution in [0.5, 0.6) is 0 Å². The van der Waals surface area contributed by atoms with Crippen molar-refractivity contribution >= 4 is 15.9 Å². The number of halogens is 2. The highest BCUT2D eigenvalue weighted by Crippen LogP contribution is 2.31. The van der Waals surface area contributed by atoms with Crippen LogP contribution in [0.4, 0.5) is 4.39 Å². The average Bonchev–Trinajstić information content (AvgIpc) is 2.52. The molecule has 1 heterocycles. The second kappa shape index (κ2) is 3.77. The molecule has 2 aromatic rings. The van der Waals surface area contributed by atoms with Gasteiger partial charge in [0.25, 0.3) is 0 Å². The first-order valence-corrected chi connectivity index (χ1v) is 5.36. The Balaban J connectivity index is 2.69. The Morgan fingerprint density at radius 2 is 2.07 bits per heavy atom. The van der Waals surface area contributed by atoms with Gasteiger partial charge in [0, 0.05) is 16.8 Å². The molecule has 2 nitrogen and oxygen atoms in total. The molecule has 4 heteroatoms. The number of nitrogens with zero attached hydrogens (tertiary/aromatic N) is 1. The SMILES string of the molecule is Cc1n[nH]c(C)c1-c1cccc(Br)c1F. The molecule has 0 aliphatic carbocycles. The van der Waals surface area contributed by atoms with Crippen molar-refractivity contribution in [1.82, 2.24) is 10.2 Å². The molecular formula is C11H10BrFN2. The summed E-state index contributed by atoms with van der Waals surface area (Å²) in [6.45, 7) is 3.74. The van der Waals surface area contributed by atoms with Gasteiger partial charge < -0.3 is 0 Å². The molecule has 1 N–H and O–H groups in total. The van der Waals surface area contributed by atoms with Crippen LogP contribution in [0, 0.1) is 19.7 Å². The molecule has 0 aliphatic rings. The smallest absolute Gasteiger partial charge is 0.145 e. The maximum atomic E-state index is 13.8. The Morgan fingerprint density at radius 1 is 1.33 bits per heavy atom. The minimum absolute atomic E-state index is 0.245. The number of hydrogen-bond donors (Lipinski definition) is 1. The van der Waals surface area contributed by atoms with Crippen molar-refractivity contribution in [2.45, 2.75) is 13.8 Å². The lowest BCUT2D eigenvalue weighted by molar-refractivity contribution is 0.624. The van der Waals surface area contributed by atoms with Crippen LogP contribution in [-0.4, -0.2) is 10.2 Å². The first-order chi connectivity index (χ1) is 7.11. The third kappa shape index (κ3) is 1.69. The molecule has 78 valence electrons. The van der Waals surface area contributed by atoms with Gasteiger partial charge in [-0.2, -0.15) is 5.10 Å². The molecule has 0 fully saturated rings. The number of nitrogens with one attached hydrogen (secondary N) is 1. The lowest BCUT2D eigenvalue weighted by Gasteiger charge is -2.04. The van der Waals surface area contributed by atoms with Gasteiger partial charge in [-0.1, -0.05) is 12.1 Å². The van der Waals surface area contributed by atoms with Crippen molar-refractivity contribution in [3.63, 3.8) is 0 Å². The first-order valence-electron chi connectivity index (χ1n) is 4.57. The normalized spacial score (nSPS) is 10.7. The number of aryl methyl sites for hydroxylation is 2. The van der Waals surface area contributed by atoms with Crippen LogP contribution >= 0.6 is 15.9 Å². The van der Waals surface area contributed by atoms with Crippen molar-refractivity contribution in [2.24, 2.45) is 0 Å². The second-order valence-corrected chi connectivity index (χ2v) is 4.26. The van der Waals surface area contributed by atoms with E-state index in [1.807, 2.05) is 19.9 Å². The minimum atomic E-state index is -0.245. The van der Waals surface area contributed by atoms with E-state index < -0.39 is 0 Å². The number of rotatable bonds is 1. The van der Waals surface area contributed by atoms with Gasteiger partial charge in [0.15, 0.2) is 0 Å².